The van der Waals surface area contributed by atoms with E-state index in [1.807, 2.05) is 0 Å². The van der Waals surface area contributed by atoms with Gasteiger partial charge in [0, 0.05) is 30.8 Å². The van der Waals surface area contributed by atoms with Crippen molar-refractivity contribution in [1.29, 1.82) is 10.5 Å². The molecule has 148 valence electrons. The molecule has 2 rings (SSSR count). The summed E-state index contributed by atoms with van der Waals surface area (Å²) in [7, 11) is 2.87. The number of ether oxygens (including phenoxy) is 2. The third kappa shape index (κ3) is 4.74. The predicted octanol–water partition coefficient (Wildman–Crippen LogP) is 3.17. The molecule has 0 fully saturated rings. The number of nitrogens with one attached hydrogen (secondary N) is 1. The smallest absolute Gasteiger partial charge is 0.272 e. The van der Waals surface area contributed by atoms with E-state index in [0.717, 1.165) is 12.1 Å². The molecule has 0 spiro atoms. The molecular weight excluding hydrogens is 380 g/mol. The minimum Gasteiger partial charge on any atom is -0.495 e. The van der Waals surface area contributed by atoms with E-state index in [1.165, 1.54) is 20.3 Å². The Morgan fingerprint density at radius 1 is 1.10 bits per heavy atom. The van der Waals surface area contributed by atoms with Gasteiger partial charge < -0.3 is 19.9 Å². The van der Waals surface area contributed by atoms with E-state index in [4.69, 9.17) is 14.6 Å². The molecule has 0 aliphatic rings. The standard InChI is InChI=1S/C18H16N6O5/c1-28-16-8-15(17(29-2)7-14(16)21-3-4-25)22-23-18-11(9-19)5-13(24(26)27)6-12(18)10-20/h5-8,21,25H,3-4H2,1-2H3. The Morgan fingerprint density at radius 3 is 2.21 bits per heavy atom. The number of benzene rings is 2. The van der Waals surface area contributed by atoms with Crippen molar-refractivity contribution >= 4 is 22.7 Å². The van der Waals surface area contributed by atoms with Crippen molar-refractivity contribution in [2.75, 3.05) is 32.7 Å². The Labute approximate surface area is 165 Å². The number of non-ortho nitro benzene ring substituents is 1. The number of nitriles is 2. The average Bonchev–Trinajstić information content (AvgIpc) is 2.74. The van der Waals surface area contributed by atoms with Gasteiger partial charge >= 0.3 is 0 Å². The Balaban J connectivity index is 2.55. The molecule has 0 aliphatic heterocycles. The minimum absolute atomic E-state index is 0.0824. The molecule has 0 atom stereocenters. The van der Waals surface area contributed by atoms with Crippen LogP contribution in [0.25, 0.3) is 0 Å². The largest absolute Gasteiger partial charge is 0.495 e. The third-order valence-electron chi connectivity index (χ3n) is 3.73. The van der Waals surface area contributed by atoms with Gasteiger partial charge in [0.25, 0.3) is 5.69 Å². The van der Waals surface area contributed by atoms with Crippen LogP contribution in [0.2, 0.25) is 0 Å². The second-order valence-electron chi connectivity index (χ2n) is 5.44. The minimum atomic E-state index is -0.700. The lowest BCUT2D eigenvalue weighted by molar-refractivity contribution is -0.384. The molecule has 0 aromatic heterocycles. The zero-order valence-electron chi connectivity index (χ0n) is 15.5. The third-order valence-corrected chi connectivity index (χ3v) is 3.73. The maximum atomic E-state index is 11.0. The van der Waals surface area contributed by atoms with Gasteiger partial charge in [-0.3, -0.25) is 10.1 Å². The molecule has 11 nitrogen and oxygen atoms in total. The van der Waals surface area contributed by atoms with Crippen LogP contribution in [0.1, 0.15) is 11.1 Å². The average molecular weight is 396 g/mol. The molecule has 0 saturated heterocycles. The number of nitro groups is 1. The van der Waals surface area contributed by atoms with Crippen LogP contribution >= 0.6 is 0 Å². The van der Waals surface area contributed by atoms with E-state index in [2.05, 4.69) is 15.5 Å². The summed E-state index contributed by atoms with van der Waals surface area (Å²) in [5, 5.41) is 49.5. The first-order valence-electron chi connectivity index (χ1n) is 8.14. The second-order valence-corrected chi connectivity index (χ2v) is 5.44. The van der Waals surface area contributed by atoms with Crippen molar-refractivity contribution < 1.29 is 19.5 Å². The summed E-state index contributed by atoms with van der Waals surface area (Å²) in [6, 6.07) is 8.73. The predicted molar refractivity (Wildman–Crippen MR) is 102 cm³/mol. The fourth-order valence-corrected chi connectivity index (χ4v) is 2.40. The van der Waals surface area contributed by atoms with Gasteiger partial charge in [-0.25, -0.2) is 0 Å². The van der Waals surface area contributed by atoms with Crippen molar-refractivity contribution in [1.82, 2.24) is 0 Å². The van der Waals surface area contributed by atoms with Crippen LogP contribution in [0.5, 0.6) is 11.5 Å². The number of aliphatic hydroxyl groups excluding tert-OH is 1. The molecule has 2 aromatic rings. The van der Waals surface area contributed by atoms with Crippen molar-refractivity contribution in [2.24, 2.45) is 10.2 Å². The van der Waals surface area contributed by atoms with Crippen LogP contribution in [-0.4, -0.2) is 37.4 Å². The van der Waals surface area contributed by atoms with Crippen molar-refractivity contribution in [2.45, 2.75) is 0 Å². The number of methoxy groups -OCH3 is 2. The number of hydrogen-bond acceptors (Lipinski definition) is 10. The second kappa shape index (κ2) is 9.64. The lowest BCUT2D eigenvalue weighted by Gasteiger charge is -2.13. The van der Waals surface area contributed by atoms with E-state index in [1.54, 1.807) is 18.2 Å². The van der Waals surface area contributed by atoms with E-state index >= 15 is 0 Å². The molecule has 11 heteroatoms. The Kier molecular flexibility index (Phi) is 7.01. The van der Waals surface area contributed by atoms with Crippen LogP contribution < -0.4 is 14.8 Å². The van der Waals surface area contributed by atoms with Gasteiger partial charge in [-0.2, -0.15) is 10.5 Å². The summed E-state index contributed by atoms with van der Waals surface area (Å²) in [5.41, 5.74) is -0.00816. The number of aliphatic hydroxyl groups is 1. The number of anilines is 1. The van der Waals surface area contributed by atoms with E-state index in [-0.39, 0.29) is 29.1 Å². The summed E-state index contributed by atoms with van der Waals surface area (Å²) in [6.45, 7) is 0.210. The monoisotopic (exact) mass is 396 g/mol. The van der Waals surface area contributed by atoms with Crippen molar-refractivity contribution in [3.63, 3.8) is 0 Å². The molecule has 0 radical (unpaired) electrons. The van der Waals surface area contributed by atoms with Crippen LogP contribution in [-0.2, 0) is 0 Å². The molecule has 0 saturated carbocycles. The lowest BCUT2D eigenvalue weighted by atomic mass is 10.1. The molecular formula is C18H16N6O5. The van der Waals surface area contributed by atoms with E-state index in [9.17, 15) is 20.6 Å². The van der Waals surface area contributed by atoms with Gasteiger partial charge in [0.2, 0.25) is 0 Å². The first-order valence-corrected chi connectivity index (χ1v) is 8.14. The Morgan fingerprint density at radius 2 is 1.72 bits per heavy atom. The first-order chi connectivity index (χ1) is 14.0. The highest BCUT2D eigenvalue weighted by molar-refractivity contribution is 5.70. The van der Waals surface area contributed by atoms with E-state index in [0.29, 0.717) is 23.7 Å². The van der Waals surface area contributed by atoms with Gasteiger partial charge in [-0.1, -0.05) is 0 Å². The van der Waals surface area contributed by atoms with Gasteiger partial charge in [-0.15, -0.1) is 10.2 Å². The van der Waals surface area contributed by atoms with E-state index < -0.39 is 10.6 Å². The SMILES string of the molecule is COc1cc(NCCO)c(OC)cc1N=Nc1c(C#N)cc([N+](=O)[O-])cc1C#N. The summed E-state index contributed by atoms with van der Waals surface area (Å²) in [4.78, 5) is 10.3. The summed E-state index contributed by atoms with van der Waals surface area (Å²) in [5.74, 6) is 0.715. The molecule has 0 aliphatic carbocycles. The molecule has 0 amide bonds. The molecule has 0 unspecified atom stereocenters. The van der Waals surface area contributed by atoms with Crippen molar-refractivity contribution in [3.8, 4) is 23.6 Å². The maximum absolute atomic E-state index is 11.0. The van der Waals surface area contributed by atoms with Crippen LogP contribution in [0.15, 0.2) is 34.5 Å². The van der Waals surface area contributed by atoms with Crippen LogP contribution in [0, 0.1) is 32.8 Å². The highest BCUT2D eigenvalue weighted by Crippen LogP contribution is 2.39. The van der Waals surface area contributed by atoms with Crippen molar-refractivity contribution in [3.05, 3.63) is 45.5 Å². The Hall–Kier alpha value is -4.22. The maximum Gasteiger partial charge on any atom is 0.272 e. The zero-order valence-corrected chi connectivity index (χ0v) is 15.5. The highest BCUT2D eigenvalue weighted by atomic mass is 16.6. The fourth-order valence-electron chi connectivity index (χ4n) is 2.40. The molecule has 2 N–H and O–H groups in total. The Bertz CT molecular complexity index is 1000. The molecule has 0 heterocycles. The lowest BCUT2D eigenvalue weighted by Crippen LogP contribution is -2.06. The topological polar surface area (TPSA) is 166 Å². The molecule has 2 aromatic carbocycles. The number of nitro benzene ring substituents is 1. The van der Waals surface area contributed by atoms with Gasteiger partial charge in [0.15, 0.2) is 0 Å². The summed E-state index contributed by atoms with van der Waals surface area (Å²) in [6.07, 6.45) is 0. The van der Waals surface area contributed by atoms with Gasteiger partial charge in [-0.05, 0) is 0 Å². The molecule has 0 bridgehead atoms. The van der Waals surface area contributed by atoms with Crippen LogP contribution in [0.4, 0.5) is 22.7 Å². The number of azo groups is 1. The van der Waals surface area contributed by atoms with Gasteiger partial charge in [0.1, 0.15) is 35.0 Å². The number of nitrogens with zero attached hydrogens (tertiary/aromatic N) is 5. The normalized spacial score (nSPS) is 10.2. The summed E-state index contributed by atoms with van der Waals surface area (Å²) < 4.78 is 10.6. The highest BCUT2D eigenvalue weighted by Gasteiger charge is 2.17. The van der Waals surface area contributed by atoms with Gasteiger partial charge in [0.05, 0.1) is 42.6 Å². The van der Waals surface area contributed by atoms with Crippen LogP contribution in [0.3, 0.4) is 0 Å². The number of hydrogen-bond donors (Lipinski definition) is 2. The first kappa shape index (κ1) is 21.1. The number of rotatable bonds is 8. The molecule has 29 heavy (non-hydrogen) atoms. The zero-order chi connectivity index (χ0) is 21.4. The quantitative estimate of drug-likeness (QED) is 0.390. The fraction of sp³-hybridized carbons (Fsp3) is 0.222. The summed E-state index contributed by atoms with van der Waals surface area (Å²) >= 11 is 0.